The second-order valence-electron chi connectivity index (χ2n) is 11.6. The minimum atomic E-state index is -4.78. The lowest BCUT2D eigenvalue weighted by Gasteiger charge is -2.35. The second-order valence-corrected chi connectivity index (χ2v) is 13.3. The van der Waals surface area contributed by atoms with E-state index >= 15 is 8.78 Å². The number of piperidine rings is 1. The van der Waals surface area contributed by atoms with Crippen molar-refractivity contribution in [1.82, 2.24) is 9.62 Å². The minimum absolute atomic E-state index is 0.0416. The van der Waals surface area contributed by atoms with E-state index in [1.54, 1.807) is 18.2 Å². The maximum absolute atomic E-state index is 16.1. The molecule has 45 heavy (non-hydrogen) atoms. The maximum Gasteiger partial charge on any atom is 0.416 e. The molecule has 3 aromatic carbocycles. The summed E-state index contributed by atoms with van der Waals surface area (Å²) >= 11 is 0. The highest BCUT2D eigenvalue weighted by Crippen LogP contribution is 2.37. The molecule has 3 aromatic rings. The van der Waals surface area contributed by atoms with Gasteiger partial charge in [-0.25, -0.2) is 8.42 Å². The summed E-state index contributed by atoms with van der Waals surface area (Å²) in [6.45, 7) is 3.05. The molecule has 1 aliphatic heterocycles. The predicted octanol–water partition coefficient (Wildman–Crippen LogP) is 6.13. The molecule has 1 atom stereocenters. The number of carbonyl (C=O) groups excluding carboxylic acids is 1. The van der Waals surface area contributed by atoms with Gasteiger partial charge in [0.05, 0.1) is 16.6 Å². The van der Waals surface area contributed by atoms with Gasteiger partial charge in [-0.3, -0.25) is 4.79 Å². The number of allylic oxidation sites excluding steroid dienone is 1. The Morgan fingerprint density at radius 1 is 0.911 bits per heavy atom. The van der Waals surface area contributed by atoms with E-state index in [1.807, 2.05) is 4.72 Å². The number of carbonyl (C=O) groups is 1. The number of alkyl halides is 5. The quantitative estimate of drug-likeness (QED) is 0.272. The number of rotatable bonds is 9. The summed E-state index contributed by atoms with van der Waals surface area (Å²) in [6.07, 6.45) is 0.129. The zero-order chi connectivity index (χ0) is 32.6. The SMILES string of the molecule is C=C(c1ccc(C(F)(F)C(NS(=O)(=O)c2ccc3cc(OC4CCCC4)ccc3c2)C(=O)N2CCC(N)CC2)cc1)C(F)(F)F. The molecular formula is C32H34F5N3O4S. The van der Waals surface area contributed by atoms with Crippen LogP contribution in [0.25, 0.3) is 16.3 Å². The summed E-state index contributed by atoms with van der Waals surface area (Å²) in [5.41, 5.74) is 3.38. The van der Waals surface area contributed by atoms with Crippen LogP contribution in [0, 0.1) is 0 Å². The van der Waals surface area contributed by atoms with Crippen molar-refractivity contribution in [3.63, 3.8) is 0 Å². The van der Waals surface area contributed by atoms with Gasteiger partial charge in [0.1, 0.15) is 5.75 Å². The fraction of sp³-hybridized carbons (Fsp3) is 0.406. The normalized spacial score (nSPS) is 17.9. The molecule has 1 unspecified atom stereocenters. The lowest BCUT2D eigenvalue weighted by Crippen LogP contribution is -2.58. The molecule has 1 aliphatic carbocycles. The van der Waals surface area contributed by atoms with Crippen LogP contribution >= 0.6 is 0 Å². The largest absolute Gasteiger partial charge is 0.490 e. The smallest absolute Gasteiger partial charge is 0.416 e. The van der Waals surface area contributed by atoms with Gasteiger partial charge in [0.15, 0.2) is 6.04 Å². The maximum atomic E-state index is 16.1. The van der Waals surface area contributed by atoms with E-state index in [0.717, 1.165) is 54.8 Å². The van der Waals surface area contributed by atoms with Crippen molar-refractivity contribution in [1.29, 1.82) is 0 Å². The zero-order valence-corrected chi connectivity index (χ0v) is 25.1. The van der Waals surface area contributed by atoms with Crippen LogP contribution in [0.3, 0.4) is 0 Å². The number of benzene rings is 3. The van der Waals surface area contributed by atoms with Gasteiger partial charge in [-0.2, -0.15) is 26.7 Å². The lowest BCUT2D eigenvalue weighted by atomic mass is 9.96. The molecule has 13 heteroatoms. The van der Waals surface area contributed by atoms with Crippen LogP contribution in [0.1, 0.15) is 49.7 Å². The van der Waals surface area contributed by atoms with E-state index in [9.17, 15) is 26.4 Å². The van der Waals surface area contributed by atoms with Gasteiger partial charge in [-0.15, -0.1) is 0 Å². The number of nitrogens with zero attached hydrogens (tertiary/aromatic N) is 1. The summed E-state index contributed by atoms with van der Waals surface area (Å²) in [4.78, 5) is 14.3. The van der Waals surface area contributed by atoms with Crippen LogP contribution in [0.2, 0.25) is 0 Å². The molecule has 242 valence electrons. The monoisotopic (exact) mass is 651 g/mol. The number of amides is 1. The molecule has 0 radical (unpaired) electrons. The first-order chi connectivity index (χ1) is 21.1. The van der Waals surface area contributed by atoms with Crippen LogP contribution in [-0.4, -0.2) is 56.7 Å². The number of halogens is 5. The summed E-state index contributed by atoms with van der Waals surface area (Å²) in [5.74, 6) is -4.68. The number of ether oxygens (including phenoxy) is 1. The van der Waals surface area contributed by atoms with Crippen LogP contribution in [0.5, 0.6) is 5.75 Å². The predicted molar refractivity (Wildman–Crippen MR) is 160 cm³/mol. The summed E-state index contributed by atoms with van der Waals surface area (Å²) in [7, 11) is -4.70. The highest BCUT2D eigenvalue weighted by atomic mass is 32.2. The number of nitrogens with two attached hydrogens (primary N) is 1. The van der Waals surface area contributed by atoms with Gasteiger partial charge in [-0.1, -0.05) is 43.0 Å². The van der Waals surface area contributed by atoms with Crippen molar-refractivity contribution in [2.75, 3.05) is 13.1 Å². The Hall–Kier alpha value is -3.55. The van der Waals surface area contributed by atoms with Crippen molar-refractivity contribution in [2.24, 2.45) is 5.73 Å². The van der Waals surface area contributed by atoms with Crippen LogP contribution < -0.4 is 15.2 Å². The minimum Gasteiger partial charge on any atom is -0.490 e. The first-order valence-electron chi connectivity index (χ1n) is 14.7. The molecule has 3 N–H and O–H groups in total. The van der Waals surface area contributed by atoms with E-state index in [1.165, 1.54) is 18.2 Å². The molecule has 0 aromatic heterocycles. The first kappa shape index (κ1) is 32.8. The highest BCUT2D eigenvalue weighted by Gasteiger charge is 2.50. The average Bonchev–Trinajstić information content (AvgIpc) is 3.52. The number of fused-ring (bicyclic) bond motifs is 1. The number of sulfonamides is 1. The van der Waals surface area contributed by atoms with E-state index < -0.39 is 50.8 Å². The van der Waals surface area contributed by atoms with Gasteiger partial charge in [0.25, 0.3) is 5.92 Å². The zero-order valence-electron chi connectivity index (χ0n) is 24.3. The van der Waals surface area contributed by atoms with Crippen molar-refractivity contribution < 1.29 is 39.9 Å². The molecule has 0 spiro atoms. The number of nitrogens with one attached hydrogen (secondary N) is 1. The fourth-order valence-electron chi connectivity index (χ4n) is 5.67. The molecular weight excluding hydrogens is 617 g/mol. The standard InChI is InChI=1S/C32H34F5N3O4S/c1-20(32(35,36)37)21-6-10-24(11-7-21)31(33,34)29(30(41)40-16-14-25(38)15-17-40)39-45(42,43)28-13-9-22-18-27(12-8-23(22)19-28)44-26-4-2-3-5-26/h6-13,18-19,25-26,29,39H,1-5,14-17,38H2. The van der Waals surface area contributed by atoms with Crippen molar-refractivity contribution >= 4 is 32.3 Å². The van der Waals surface area contributed by atoms with Crippen LogP contribution in [-0.2, 0) is 20.7 Å². The van der Waals surface area contributed by atoms with Gasteiger partial charge in [0.2, 0.25) is 15.9 Å². The molecule has 1 heterocycles. The van der Waals surface area contributed by atoms with Crippen molar-refractivity contribution in [3.05, 3.63) is 78.4 Å². The van der Waals surface area contributed by atoms with E-state index in [4.69, 9.17) is 10.5 Å². The Bertz CT molecular complexity index is 1660. The summed E-state index contributed by atoms with van der Waals surface area (Å²) in [5, 5.41) is 1.18. The average molecular weight is 652 g/mol. The van der Waals surface area contributed by atoms with Crippen molar-refractivity contribution in [2.45, 2.75) is 73.7 Å². The Morgan fingerprint density at radius 2 is 1.51 bits per heavy atom. The molecule has 1 amide bonds. The molecule has 0 bridgehead atoms. The van der Waals surface area contributed by atoms with Gasteiger partial charge in [-0.05, 0) is 79.1 Å². The Balaban J connectivity index is 1.44. The van der Waals surface area contributed by atoms with Gasteiger partial charge in [0, 0.05) is 24.7 Å². The molecule has 1 saturated heterocycles. The molecule has 2 fully saturated rings. The lowest BCUT2D eigenvalue weighted by molar-refractivity contribution is -0.145. The van der Waals surface area contributed by atoms with E-state index in [0.29, 0.717) is 29.4 Å². The number of hydrogen-bond donors (Lipinski definition) is 2. The van der Waals surface area contributed by atoms with Crippen LogP contribution in [0.4, 0.5) is 22.0 Å². The van der Waals surface area contributed by atoms with E-state index in [2.05, 4.69) is 6.58 Å². The van der Waals surface area contributed by atoms with Crippen LogP contribution in [0.15, 0.2) is 72.1 Å². The Morgan fingerprint density at radius 3 is 2.13 bits per heavy atom. The van der Waals surface area contributed by atoms with Gasteiger partial charge >= 0.3 is 6.18 Å². The molecule has 2 aliphatic rings. The molecule has 1 saturated carbocycles. The van der Waals surface area contributed by atoms with Crippen molar-refractivity contribution in [3.8, 4) is 5.75 Å². The summed E-state index contributed by atoms with van der Waals surface area (Å²) < 4.78 is 107. The molecule has 5 rings (SSSR count). The third-order valence-corrected chi connectivity index (χ3v) is 9.81. The Labute approximate surface area is 258 Å². The first-order valence-corrected chi connectivity index (χ1v) is 16.2. The molecule has 7 nitrogen and oxygen atoms in total. The van der Waals surface area contributed by atoms with E-state index in [-0.39, 0.29) is 30.1 Å². The third kappa shape index (κ3) is 7.31. The summed E-state index contributed by atoms with van der Waals surface area (Å²) in [6, 6.07) is 9.50. The second kappa shape index (κ2) is 12.7. The highest BCUT2D eigenvalue weighted by molar-refractivity contribution is 7.89. The number of hydrogen-bond acceptors (Lipinski definition) is 5. The van der Waals surface area contributed by atoms with Gasteiger partial charge < -0.3 is 15.4 Å². The topological polar surface area (TPSA) is 102 Å². The number of likely N-dealkylation sites (tertiary alicyclic amines) is 1. The third-order valence-electron chi connectivity index (χ3n) is 8.39. The Kier molecular flexibility index (Phi) is 9.25. The fourth-order valence-corrected chi connectivity index (χ4v) is 6.89.